The van der Waals surface area contributed by atoms with Gasteiger partial charge in [0.15, 0.2) is 0 Å². The minimum absolute atomic E-state index is 0.530. The molecular formula is C13H16N2O. The Labute approximate surface area is 96.2 Å². The van der Waals surface area contributed by atoms with Gasteiger partial charge in [-0.1, -0.05) is 6.07 Å². The Morgan fingerprint density at radius 2 is 2.12 bits per heavy atom. The summed E-state index contributed by atoms with van der Waals surface area (Å²) in [5.41, 5.74) is 1.84. The van der Waals surface area contributed by atoms with Gasteiger partial charge in [-0.3, -0.25) is 0 Å². The second-order valence-corrected chi connectivity index (χ2v) is 4.12. The lowest BCUT2D eigenvalue weighted by molar-refractivity contribution is 0.0855. The van der Waals surface area contributed by atoms with Crippen LogP contribution in [0.25, 0.3) is 0 Å². The first-order valence-corrected chi connectivity index (χ1v) is 5.62. The van der Waals surface area contributed by atoms with Gasteiger partial charge in [0.05, 0.1) is 11.6 Å². The quantitative estimate of drug-likeness (QED) is 0.760. The van der Waals surface area contributed by atoms with Crippen molar-refractivity contribution in [3.63, 3.8) is 0 Å². The summed E-state index contributed by atoms with van der Waals surface area (Å²) in [7, 11) is 2.09. The Morgan fingerprint density at radius 1 is 1.38 bits per heavy atom. The SMILES string of the molecule is CN(c1cccc(C#N)c1)C1CCOCC1. The Morgan fingerprint density at radius 3 is 2.81 bits per heavy atom. The molecule has 0 spiro atoms. The van der Waals surface area contributed by atoms with Crippen molar-refractivity contribution < 1.29 is 4.74 Å². The maximum Gasteiger partial charge on any atom is 0.0992 e. The predicted molar refractivity (Wildman–Crippen MR) is 63.4 cm³/mol. The summed E-state index contributed by atoms with van der Waals surface area (Å²) in [6.45, 7) is 1.68. The van der Waals surface area contributed by atoms with Crippen molar-refractivity contribution in [3.05, 3.63) is 29.8 Å². The smallest absolute Gasteiger partial charge is 0.0992 e. The third-order valence-electron chi connectivity index (χ3n) is 3.12. The number of benzene rings is 1. The molecule has 2 rings (SSSR count). The van der Waals surface area contributed by atoms with Crippen LogP contribution in [0.15, 0.2) is 24.3 Å². The number of nitriles is 1. The average Bonchev–Trinajstić information content (AvgIpc) is 2.39. The highest BCUT2D eigenvalue weighted by Crippen LogP contribution is 2.21. The van der Waals surface area contributed by atoms with Crippen LogP contribution in [0.5, 0.6) is 0 Å². The van der Waals surface area contributed by atoms with Crippen LogP contribution in [0.2, 0.25) is 0 Å². The van der Waals surface area contributed by atoms with Gasteiger partial charge in [0.2, 0.25) is 0 Å². The van der Waals surface area contributed by atoms with E-state index in [1.165, 1.54) is 0 Å². The van der Waals surface area contributed by atoms with Crippen molar-refractivity contribution in [1.82, 2.24) is 0 Å². The van der Waals surface area contributed by atoms with Crippen molar-refractivity contribution in [2.24, 2.45) is 0 Å². The van der Waals surface area contributed by atoms with Gasteiger partial charge in [0.1, 0.15) is 0 Å². The van der Waals surface area contributed by atoms with Crippen molar-refractivity contribution >= 4 is 5.69 Å². The van der Waals surface area contributed by atoms with Gasteiger partial charge in [-0.25, -0.2) is 0 Å². The molecular weight excluding hydrogens is 200 g/mol. The second kappa shape index (κ2) is 5.00. The molecule has 0 unspecified atom stereocenters. The summed E-state index contributed by atoms with van der Waals surface area (Å²) in [5.74, 6) is 0. The maximum absolute atomic E-state index is 8.87. The highest BCUT2D eigenvalue weighted by Gasteiger charge is 2.18. The Bertz CT molecular complexity index is 391. The molecule has 1 saturated heterocycles. The lowest BCUT2D eigenvalue weighted by Crippen LogP contribution is -2.36. The van der Waals surface area contributed by atoms with Crippen molar-refractivity contribution in [3.8, 4) is 6.07 Å². The van der Waals surface area contributed by atoms with E-state index in [1.807, 2.05) is 18.2 Å². The van der Waals surface area contributed by atoms with Crippen molar-refractivity contribution in [1.29, 1.82) is 5.26 Å². The van der Waals surface area contributed by atoms with Crippen molar-refractivity contribution in [2.75, 3.05) is 25.2 Å². The first kappa shape index (κ1) is 11.0. The molecule has 0 amide bonds. The van der Waals surface area contributed by atoms with Crippen LogP contribution in [0, 0.1) is 11.3 Å². The molecule has 0 atom stereocenters. The second-order valence-electron chi connectivity index (χ2n) is 4.12. The van der Waals surface area contributed by atoms with Gasteiger partial charge in [0.25, 0.3) is 0 Å². The molecule has 0 N–H and O–H groups in total. The molecule has 0 saturated carbocycles. The molecule has 1 heterocycles. The zero-order valence-corrected chi connectivity index (χ0v) is 9.52. The van der Waals surface area contributed by atoms with Crippen LogP contribution in [-0.2, 0) is 4.74 Å². The molecule has 1 aliphatic rings. The molecule has 0 aliphatic carbocycles. The molecule has 16 heavy (non-hydrogen) atoms. The fraction of sp³-hybridized carbons (Fsp3) is 0.462. The summed E-state index contributed by atoms with van der Waals surface area (Å²) in [5, 5.41) is 8.87. The van der Waals surface area contributed by atoms with Crippen LogP contribution < -0.4 is 4.90 Å². The number of hydrogen-bond donors (Lipinski definition) is 0. The third-order valence-corrected chi connectivity index (χ3v) is 3.12. The Kier molecular flexibility index (Phi) is 3.43. The predicted octanol–water partition coefficient (Wildman–Crippen LogP) is 2.17. The van der Waals surface area contributed by atoms with Crippen LogP contribution in [0.3, 0.4) is 0 Å². The summed E-state index contributed by atoms with van der Waals surface area (Å²) in [4.78, 5) is 2.25. The maximum atomic E-state index is 8.87. The van der Waals surface area contributed by atoms with Gasteiger partial charge in [-0.15, -0.1) is 0 Å². The number of ether oxygens (including phenoxy) is 1. The molecule has 1 aromatic rings. The minimum atomic E-state index is 0.530. The zero-order valence-electron chi connectivity index (χ0n) is 9.52. The molecule has 3 nitrogen and oxygen atoms in total. The largest absolute Gasteiger partial charge is 0.381 e. The highest BCUT2D eigenvalue weighted by molar-refractivity contribution is 5.51. The van der Waals surface area contributed by atoms with E-state index >= 15 is 0 Å². The van der Waals surface area contributed by atoms with Gasteiger partial charge in [-0.2, -0.15) is 5.26 Å². The standard InChI is InChI=1S/C13H16N2O/c1-15(12-5-7-16-8-6-12)13-4-2-3-11(9-13)10-14/h2-4,9,12H,5-8H2,1H3. The van der Waals surface area contributed by atoms with E-state index in [0.29, 0.717) is 6.04 Å². The van der Waals surface area contributed by atoms with Crippen molar-refractivity contribution in [2.45, 2.75) is 18.9 Å². The Hall–Kier alpha value is -1.53. The lowest BCUT2D eigenvalue weighted by Gasteiger charge is -2.32. The minimum Gasteiger partial charge on any atom is -0.381 e. The van der Waals surface area contributed by atoms with Crippen LogP contribution in [-0.4, -0.2) is 26.3 Å². The molecule has 1 aliphatic heterocycles. The lowest BCUT2D eigenvalue weighted by atomic mass is 10.1. The van der Waals surface area contributed by atoms with E-state index in [2.05, 4.69) is 24.1 Å². The fourth-order valence-electron chi connectivity index (χ4n) is 2.08. The number of nitrogens with zero attached hydrogens (tertiary/aromatic N) is 2. The Balaban J connectivity index is 2.13. The van der Waals surface area contributed by atoms with Gasteiger partial charge >= 0.3 is 0 Å². The van der Waals surface area contributed by atoms with Gasteiger partial charge < -0.3 is 9.64 Å². The monoisotopic (exact) mass is 216 g/mol. The van der Waals surface area contributed by atoms with E-state index in [-0.39, 0.29) is 0 Å². The fourth-order valence-corrected chi connectivity index (χ4v) is 2.08. The topological polar surface area (TPSA) is 36.3 Å². The first-order valence-electron chi connectivity index (χ1n) is 5.62. The number of rotatable bonds is 2. The van der Waals surface area contributed by atoms with E-state index < -0.39 is 0 Å². The molecule has 0 bridgehead atoms. The molecule has 1 fully saturated rings. The molecule has 0 aromatic heterocycles. The van der Waals surface area contributed by atoms with E-state index in [1.54, 1.807) is 0 Å². The number of hydrogen-bond acceptors (Lipinski definition) is 3. The normalized spacial score (nSPS) is 16.8. The average molecular weight is 216 g/mol. The van der Waals surface area contributed by atoms with E-state index in [0.717, 1.165) is 37.3 Å². The van der Waals surface area contributed by atoms with Crippen LogP contribution in [0.1, 0.15) is 18.4 Å². The first-order chi connectivity index (χ1) is 7.81. The van der Waals surface area contributed by atoms with Gasteiger partial charge in [0, 0.05) is 32.0 Å². The highest BCUT2D eigenvalue weighted by atomic mass is 16.5. The molecule has 3 heteroatoms. The zero-order chi connectivity index (χ0) is 11.4. The summed E-state index contributed by atoms with van der Waals surface area (Å²) in [6.07, 6.45) is 2.13. The third kappa shape index (κ3) is 2.34. The van der Waals surface area contributed by atoms with E-state index in [4.69, 9.17) is 10.00 Å². The summed E-state index contributed by atoms with van der Waals surface area (Å²) < 4.78 is 5.35. The summed E-state index contributed by atoms with van der Waals surface area (Å²) in [6, 6.07) is 10.5. The summed E-state index contributed by atoms with van der Waals surface area (Å²) >= 11 is 0. The molecule has 0 radical (unpaired) electrons. The van der Waals surface area contributed by atoms with E-state index in [9.17, 15) is 0 Å². The van der Waals surface area contributed by atoms with Crippen LogP contribution >= 0.6 is 0 Å². The number of anilines is 1. The van der Waals surface area contributed by atoms with Crippen LogP contribution in [0.4, 0.5) is 5.69 Å². The molecule has 84 valence electrons. The molecule has 1 aromatic carbocycles. The van der Waals surface area contributed by atoms with Gasteiger partial charge in [-0.05, 0) is 31.0 Å².